The molecule has 0 aromatic rings. The number of carbonyl (C=O) groups excluding carboxylic acids is 2. The van der Waals surface area contributed by atoms with Crippen LogP contribution in [0.5, 0.6) is 0 Å². The van der Waals surface area contributed by atoms with Gasteiger partial charge < -0.3 is 14.7 Å². The quantitative estimate of drug-likeness (QED) is 0.730. The smallest absolute Gasteiger partial charge is 0.310 e. The fraction of sp³-hybridized carbons (Fsp3) is 0.769. The molecule has 1 N–H and O–H groups in total. The third kappa shape index (κ3) is 5.28. The lowest BCUT2D eigenvalue weighted by Gasteiger charge is -2.31. The molecular weight excluding hydrogens is 250 g/mol. The zero-order valence-corrected chi connectivity index (χ0v) is 11.3. The molecule has 108 valence electrons. The Morgan fingerprint density at radius 1 is 1.32 bits per heavy atom. The molecule has 1 heterocycles. The van der Waals surface area contributed by atoms with E-state index in [1.54, 1.807) is 11.8 Å². The lowest BCUT2D eigenvalue weighted by atomic mass is 9.98. The number of esters is 1. The summed E-state index contributed by atoms with van der Waals surface area (Å²) in [6.45, 7) is 3.14. The van der Waals surface area contributed by atoms with Gasteiger partial charge in [0.05, 0.1) is 12.5 Å². The molecule has 19 heavy (non-hydrogen) atoms. The fourth-order valence-electron chi connectivity index (χ4n) is 2.21. The van der Waals surface area contributed by atoms with Gasteiger partial charge in [0.25, 0.3) is 0 Å². The Bertz CT molecular complexity index is 342. The second kappa shape index (κ2) is 7.76. The maximum Gasteiger partial charge on any atom is 0.310 e. The molecule has 0 aliphatic carbocycles. The van der Waals surface area contributed by atoms with Gasteiger partial charge in [0.1, 0.15) is 0 Å². The first-order chi connectivity index (χ1) is 9.04. The number of carboxylic acid groups (broad SMARTS) is 1. The summed E-state index contributed by atoms with van der Waals surface area (Å²) in [7, 11) is 0. The van der Waals surface area contributed by atoms with Crippen LogP contribution in [-0.2, 0) is 19.1 Å². The molecule has 1 unspecified atom stereocenters. The second-order valence-electron chi connectivity index (χ2n) is 4.68. The Kier molecular flexibility index (Phi) is 6.32. The van der Waals surface area contributed by atoms with Gasteiger partial charge in [0.15, 0.2) is 0 Å². The highest BCUT2D eigenvalue weighted by Crippen LogP contribution is 2.19. The van der Waals surface area contributed by atoms with Crippen molar-refractivity contribution in [1.29, 1.82) is 0 Å². The summed E-state index contributed by atoms with van der Waals surface area (Å²) < 4.78 is 4.97. The molecule has 1 saturated heterocycles. The highest BCUT2D eigenvalue weighted by Gasteiger charge is 2.28. The summed E-state index contributed by atoms with van der Waals surface area (Å²) in [5.74, 6) is -1.45. The average molecular weight is 271 g/mol. The number of piperidine rings is 1. The topological polar surface area (TPSA) is 83.9 Å². The van der Waals surface area contributed by atoms with Crippen molar-refractivity contribution in [3.8, 4) is 0 Å². The lowest BCUT2D eigenvalue weighted by molar-refractivity contribution is -0.151. The van der Waals surface area contributed by atoms with Crippen molar-refractivity contribution in [3.05, 3.63) is 0 Å². The van der Waals surface area contributed by atoms with Crippen LogP contribution in [0.4, 0.5) is 0 Å². The van der Waals surface area contributed by atoms with Crippen molar-refractivity contribution in [2.45, 2.75) is 39.0 Å². The molecule has 6 nitrogen and oxygen atoms in total. The fourth-order valence-corrected chi connectivity index (χ4v) is 2.21. The number of ether oxygens (including phenoxy) is 1. The number of hydrogen-bond acceptors (Lipinski definition) is 4. The molecule has 1 aliphatic heterocycles. The predicted molar refractivity (Wildman–Crippen MR) is 67.4 cm³/mol. The largest absolute Gasteiger partial charge is 0.481 e. The molecule has 0 saturated carbocycles. The van der Waals surface area contributed by atoms with Crippen molar-refractivity contribution >= 4 is 17.8 Å². The van der Waals surface area contributed by atoms with E-state index in [4.69, 9.17) is 9.84 Å². The van der Waals surface area contributed by atoms with E-state index in [-0.39, 0.29) is 30.6 Å². The first-order valence-corrected chi connectivity index (χ1v) is 6.70. The zero-order chi connectivity index (χ0) is 14.3. The van der Waals surface area contributed by atoms with Crippen molar-refractivity contribution in [1.82, 2.24) is 4.90 Å². The maximum absolute atomic E-state index is 11.9. The second-order valence-corrected chi connectivity index (χ2v) is 4.68. The number of likely N-dealkylation sites (tertiary alicyclic amines) is 1. The minimum atomic E-state index is -0.893. The highest BCUT2D eigenvalue weighted by atomic mass is 16.5. The number of amides is 1. The molecular formula is C13H21NO5. The molecule has 1 fully saturated rings. The van der Waals surface area contributed by atoms with Gasteiger partial charge >= 0.3 is 11.9 Å². The third-order valence-corrected chi connectivity index (χ3v) is 3.18. The molecule has 1 atom stereocenters. The number of rotatable bonds is 6. The van der Waals surface area contributed by atoms with Gasteiger partial charge in [-0.25, -0.2) is 0 Å². The minimum absolute atomic E-state index is 0.000878. The summed E-state index contributed by atoms with van der Waals surface area (Å²) in [5.41, 5.74) is 0. The van der Waals surface area contributed by atoms with E-state index in [0.29, 0.717) is 26.1 Å². The van der Waals surface area contributed by atoms with Crippen molar-refractivity contribution in [3.63, 3.8) is 0 Å². The van der Waals surface area contributed by atoms with Crippen LogP contribution in [0.15, 0.2) is 0 Å². The number of hydrogen-bond donors (Lipinski definition) is 1. The molecule has 0 radical (unpaired) electrons. The molecule has 1 amide bonds. The molecule has 0 aromatic carbocycles. The lowest BCUT2D eigenvalue weighted by Crippen LogP contribution is -2.42. The number of carboxylic acids is 1. The summed E-state index contributed by atoms with van der Waals surface area (Å²) >= 11 is 0. The maximum atomic E-state index is 11.9. The van der Waals surface area contributed by atoms with Gasteiger partial charge in [-0.1, -0.05) is 0 Å². The monoisotopic (exact) mass is 271 g/mol. The van der Waals surface area contributed by atoms with Crippen LogP contribution in [0.3, 0.4) is 0 Å². The first-order valence-electron chi connectivity index (χ1n) is 6.70. The molecule has 1 rings (SSSR count). The first kappa shape index (κ1) is 15.5. The van der Waals surface area contributed by atoms with Gasteiger partial charge in [-0.15, -0.1) is 0 Å². The highest BCUT2D eigenvalue weighted by molar-refractivity contribution is 5.79. The van der Waals surface area contributed by atoms with Crippen LogP contribution in [0, 0.1) is 5.92 Å². The van der Waals surface area contributed by atoms with E-state index >= 15 is 0 Å². The van der Waals surface area contributed by atoms with E-state index < -0.39 is 5.97 Å². The van der Waals surface area contributed by atoms with Gasteiger partial charge in [-0.3, -0.25) is 14.4 Å². The SMILES string of the molecule is CCOC(=O)C1CCCN(C(=O)CCCC(=O)O)C1. The molecule has 0 spiro atoms. The summed E-state index contributed by atoms with van der Waals surface area (Å²) in [5, 5.41) is 8.52. The van der Waals surface area contributed by atoms with E-state index in [9.17, 15) is 14.4 Å². The van der Waals surface area contributed by atoms with E-state index in [0.717, 1.165) is 12.8 Å². The number of nitrogens with zero attached hydrogens (tertiary/aromatic N) is 1. The molecule has 6 heteroatoms. The van der Waals surface area contributed by atoms with E-state index in [1.165, 1.54) is 0 Å². The van der Waals surface area contributed by atoms with Gasteiger partial charge in [0.2, 0.25) is 5.91 Å². The van der Waals surface area contributed by atoms with Crippen molar-refractivity contribution < 1.29 is 24.2 Å². The Morgan fingerprint density at radius 3 is 2.68 bits per heavy atom. The van der Waals surface area contributed by atoms with Crippen LogP contribution < -0.4 is 0 Å². The standard InChI is InChI=1S/C13H21NO5/c1-2-19-13(18)10-5-4-8-14(9-10)11(15)6-3-7-12(16)17/h10H,2-9H2,1H3,(H,16,17). The van der Waals surface area contributed by atoms with E-state index in [2.05, 4.69) is 0 Å². The minimum Gasteiger partial charge on any atom is -0.481 e. The Balaban J connectivity index is 2.38. The Hall–Kier alpha value is -1.59. The van der Waals surface area contributed by atoms with Crippen LogP contribution >= 0.6 is 0 Å². The van der Waals surface area contributed by atoms with Crippen molar-refractivity contribution in [2.75, 3.05) is 19.7 Å². The summed E-state index contributed by atoms with van der Waals surface area (Å²) in [6, 6.07) is 0. The van der Waals surface area contributed by atoms with Gasteiger partial charge in [0, 0.05) is 25.9 Å². The molecule has 0 bridgehead atoms. The van der Waals surface area contributed by atoms with Crippen molar-refractivity contribution in [2.24, 2.45) is 5.92 Å². The van der Waals surface area contributed by atoms with Crippen LogP contribution in [0.25, 0.3) is 0 Å². The normalized spacial score (nSPS) is 19.0. The van der Waals surface area contributed by atoms with Crippen LogP contribution in [0.1, 0.15) is 39.0 Å². The average Bonchev–Trinajstić information content (AvgIpc) is 2.38. The molecule has 0 aromatic heterocycles. The van der Waals surface area contributed by atoms with Crippen LogP contribution in [-0.4, -0.2) is 47.5 Å². The van der Waals surface area contributed by atoms with E-state index in [1.807, 2.05) is 0 Å². The third-order valence-electron chi connectivity index (χ3n) is 3.18. The summed E-state index contributed by atoms with van der Waals surface area (Å²) in [4.78, 5) is 35.5. The van der Waals surface area contributed by atoms with Gasteiger partial charge in [-0.05, 0) is 26.2 Å². The molecule has 1 aliphatic rings. The summed E-state index contributed by atoms with van der Waals surface area (Å²) in [6.07, 6.45) is 2.10. The van der Waals surface area contributed by atoms with Crippen LogP contribution in [0.2, 0.25) is 0 Å². The zero-order valence-electron chi connectivity index (χ0n) is 11.3. The number of aliphatic carboxylic acids is 1. The predicted octanol–water partition coefficient (Wildman–Crippen LogP) is 1.04. The Labute approximate surface area is 112 Å². The Morgan fingerprint density at radius 2 is 2.05 bits per heavy atom. The van der Waals surface area contributed by atoms with Gasteiger partial charge in [-0.2, -0.15) is 0 Å². The number of carbonyl (C=O) groups is 3.